The first-order valence-corrected chi connectivity index (χ1v) is 6.46. The van der Waals surface area contributed by atoms with E-state index >= 15 is 0 Å². The summed E-state index contributed by atoms with van der Waals surface area (Å²) in [5.41, 5.74) is 0.198. The molecule has 0 aliphatic carbocycles. The minimum atomic E-state index is 0.198. The molecule has 0 aromatic heterocycles. The molecule has 102 valence electrons. The third kappa shape index (κ3) is 10.5. The van der Waals surface area contributed by atoms with Crippen molar-refractivity contribution in [2.45, 2.75) is 33.2 Å². The average Bonchev–Trinajstić information content (AvgIpc) is 2.22. The van der Waals surface area contributed by atoms with E-state index in [1.165, 1.54) is 0 Å². The van der Waals surface area contributed by atoms with Gasteiger partial charge in [0.1, 0.15) is 0 Å². The zero-order chi connectivity index (χ0) is 13.3. The molecule has 1 unspecified atom stereocenters. The summed E-state index contributed by atoms with van der Waals surface area (Å²) >= 11 is 0. The number of hydrogen-bond acceptors (Lipinski definition) is 3. The number of ether oxygens (including phenoxy) is 1. The Hall–Kier alpha value is -0.380. The largest absolute Gasteiger partial charge is 0.383 e. The molecule has 0 amide bonds. The molecule has 0 heterocycles. The van der Waals surface area contributed by atoms with Crippen LogP contribution in [0.2, 0.25) is 0 Å². The molecule has 0 rings (SSSR count). The first-order chi connectivity index (χ1) is 7.89. The first-order valence-electron chi connectivity index (χ1n) is 6.46. The summed E-state index contributed by atoms with van der Waals surface area (Å²) in [7, 11) is 1.75. The fraction of sp³-hybridized carbons (Fsp3) is 0.857. The highest BCUT2D eigenvalue weighted by Gasteiger charge is 2.13. The SMILES string of the molecule is C=CCN(CCOC)CC(C)CNC(C)(C)C. The van der Waals surface area contributed by atoms with Crippen molar-refractivity contribution >= 4 is 0 Å². The predicted molar refractivity (Wildman–Crippen MR) is 75.4 cm³/mol. The molecule has 3 heteroatoms. The first kappa shape index (κ1) is 16.6. The second kappa shape index (κ2) is 8.67. The smallest absolute Gasteiger partial charge is 0.0589 e. The van der Waals surface area contributed by atoms with E-state index in [1.54, 1.807) is 7.11 Å². The fourth-order valence-electron chi connectivity index (χ4n) is 1.65. The molecule has 0 aliphatic rings. The van der Waals surface area contributed by atoms with Crippen molar-refractivity contribution in [3.63, 3.8) is 0 Å². The minimum absolute atomic E-state index is 0.198. The van der Waals surface area contributed by atoms with Crippen molar-refractivity contribution in [2.24, 2.45) is 5.92 Å². The second-order valence-electron chi connectivity index (χ2n) is 5.78. The topological polar surface area (TPSA) is 24.5 Å². The normalized spacial score (nSPS) is 14.0. The summed E-state index contributed by atoms with van der Waals surface area (Å²) in [6, 6.07) is 0. The Labute approximate surface area is 107 Å². The Morgan fingerprint density at radius 3 is 2.53 bits per heavy atom. The fourth-order valence-corrected chi connectivity index (χ4v) is 1.65. The van der Waals surface area contributed by atoms with E-state index in [4.69, 9.17) is 4.74 Å². The van der Waals surface area contributed by atoms with Gasteiger partial charge in [0.2, 0.25) is 0 Å². The van der Waals surface area contributed by atoms with Crippen LogP contribution in [0.5, 0.6) is 0 Å². The maximum Gasteiger partial charge on any atom is 0.0589 e. The molecule has 1 atom stereocenters. The molecule has 0 aliphatic heterocycles. The van der Waals surface area contributed by atoms with Crippen molar-refractivity contribution in [1.82, 2.24) is 10.2 Å². The Morgan fingerprint density at radius 1 is 1.41 bits per heavy atom. The molecule has 0 bridgehead atoms. The third-order valence-electron chi connectivity index (χ3n) is 2.55. The molecule has 0 aromatic carbocycles. The van der Waals surface area contributed by atoms with Crippen LogP contribution in [0.4, 0.5) is 0 Å². The second-order valence-corrected chi connectivity index (χ2v) is 5.78. The highest BCUT2D eigenvalue weighted by atomic mass is 16.5. The number of methoxy groups -OCH3 is 1. The molecule has 0 saturated heterocycles. The highest BCUT2D eigenvalue weighted by molar-refractivity contribution is 4.77. The Bertz CT molecular complexity index is 199. The third-order valence-corrected chi connectivity index (χ3v) is 2.55. The molecular formula is C14H30N2O. The summed E-state index contributed by atoms with van der Waals surface area (Å²) in [5, 5.41) is 3.54. The van der Waals surface area contributed by atoms with E-state index in [1.807, 2.05) is 6.08 Å². The monoisotopic (exact) mass is 242 g/mol. The molecule has 1 N–H and O–H groups in total. The zero-order valence-corrected chi connectivity index (χ0v) is 12.3. The molecule has 0 fully saturated rings. The summed E-state index contributed by atoms with van der Waals surface area (Å²) in [4.78, 5) is 2.38. The van der Waals surface area contributed by atoms with Crippen LogP contribution in [0.3, 0.4) is 0 Å². The molecule has 0 radical (unpaired) electrons. The molecular weight excluding hydrogens is 212 g/mol. The predicted octanol–water partition coefficient (Wildman–Crippen LogP) is 2.14. The summed E-state index contributed by atoms with van der Waals surface area (Å²) < 4.78 is 5.12. The van der Waals surface area contributed by atoms with Crippen molar-refractivity contribution in [3.8, 4) is 0 Å². The van der Waals surface area contributed by atoms with Crippen LogP contribution in [0.15, 0.2) is 12.7 Å². The number of hydrogen-bond donors (Lipinski definition) is 1. The Kier molecular flexibility index (Phi) is 8.48. The van der Waals surface area contributed by atoms with Crippen molar-refractivity contribution in [3.05, 3.63) is 12.7 Å². The Balaban J connectivity index is 3.93. The molecule has 3 nitrogen and oxygen atoms in total. The van der Waals surface area contributed by atoms with Gasteiger partial charge in [0.25, 0.3) is 0 Å². The summed E-state index contributed by atoms with van der Waals surface area (Å²) in [6.45, 7) is 17.5. The van der Waals surface area contributed by atoms with Gasteiger partial charge in [-0.05, 0) is 33.2 Å². The van der Waals surface area contributed by atoms with Gasteiger partial charge >= 0.3 is 0 Å². The van der Waals surface area contributed by atoms with Gasteiger partial charge in [-0.3, -0.25) is 4.90 Å². The molecule has 0 saturated carbocycles. The van der Waals surface area contributed by atoms with E-state index in [9.17, 15) is 0 Å². The maximum absolute atomic E-state index is 5.12. The van der Waals surface area contributed by atoms with Crippen LogP contribution in [0, 0.1) is 5.92 Å². The van der Waals surface area contributed by atoms with Crippen LogP contribution in [-0.4, -0.2) is 50.3 Å². The van der Waals surface area contributed by atoms with Gasteiger partial charge in [0.15, 0.2) is 0 Å². The van der Waals surface area contributed by atoms with Crippen LogP contribution in [-0.2, 0) is 4.74 Å². The lowest BCUT2D eigenvalue weighted by Crippen LogP contribution is -2.42. The van der Waals surface area contributed by atoms with Crippen molar-refractivity contribution in [2.75, 3.05) is 39.9 Å². The number of nitrogens with one attached hydrogen (secondary N) is 1. The highest BCUT2D eigenvalue weighted by Crippen LogP contribution is 2.03. The van der Waals surface area contributed by atoms with E-state index in [0.29, 0.717) is 5.92 Å². The van der Waals surface area contributed by atoms with E-state index < -0.39 is 0 Å². The molecule has 17 heavy (non-hydrogen) atoms. The van der Waals surface area contributed by atoms with E-state index in [2.05, 4.69) is 44.5 Å². The minimum Gasteiger partial charge on any atom is -0.383 e. The molecule has 0 spiro atoms. The van der Waals surface area contributed by atoms with Gasteiger partial charge in [-0.1, -0.05) is 13.0 Å². The van der Waals surface area contributed by atoms with Gasteiger partial charge in [-0.25, -0.2) is 0 Å². The Morgan fingerprint density at radius 2 is 2.06 bits per heavy atom. The quantitative estimate of drug-likeness (QED) is 0.627. The van der Waals surface area contributed by atoms with Gasteiger partial charge in [0, 0.05) is 32.3 Å². The number of nitrogens with zero attached hydrogens (tertiary/aromatic N) is 1. The standard InChI is InChI=1S/C14H30N2O/c1-7-8-16(9-10-17-6)12-13(2)11-15-14(3,4)5/h7,13,15H,1,8-12H2,2-6H3. The van der Waals surface area contributed by atoms with Crippen LogP contribution < -0.4 is 5.32 Å². The lowest BCUT2D eigenvalue weighted by molar-refractivity contribution is 0.144. The van der Waals surface area contributed by atoms with Crippen LogP contribution >= 0.6 is 0 Å². The molecule has 0 aromatic rings. The lowest BCUT2D eigenvalue weighted by atomic mass is 10.1. The average molecular weight is 242 g/mol. The zero-order valence-electron chi connectivity index (χ0n) is 12.3. The lowest BCUT2D eigenvalue weighted by Gasteiger charge is -2.27. The van der Waals surface area contributed by atoms with Gasteiger partial charge < -0.3 is 10.1 Å². The van der Waals surface area contributed by atoms with Gasteiger partial charge in [-0.15, -0.1) is 6.58 Å². The number of rotatable bonds is 9. The van der Waals surface area contributed by atoms with Crippen LogP contribution in [0.25, 0.3) is 0 Å². The summed E-state index contributed by atoms with van der Waals surface area (Å²) in [5.74, 6) is 0.631. The van der Waals surface area contributed by atoms with Crippen molar-refractivity contribution in [1.29, 1.82) is 0 Å². The summed E-state index contributed by atoms with van der Waals surface area (Å²) in [6.07, 6.45) is 1.96. The van der Waals surface area contributed by atoms with Crippen LogP contribution in [0.1, 0.15) is 27.7 Å². The van der Waals surface area contributed by atoms with E-state index in [-0.39, 0.29) is 5.54 Å². The maximum atomic E-state index is 5.12. The van der Waals surface area contributed by atoms with Gasteiger partial charge in [0.05, 0.1) is 6.61 Å². The van der Waals surface area contributed by atoms with E-state index in [0.717, 1.165) is 32.8 Å². The van der Waals surface area contributed by atoms with Crippen molar-refractivity contribution < 1.29 is 4.74 Å². The van der Waals surface area contributed by atoms with Gasteiger partial charge in [-0.2, -0.15) is 0 Å².